The molecule has 4 unspecified atom stereocenters. The van der Waals surface area contributed by atoms with Crippen molar-refractivity contribution in [3.63, 3.8) is 0 Å². The van der Waals surface area contributed by atoms with Crippen molar-refractivity contribution in [2.75, 3.05) is 4.90 Å². The summed E-state index contributed by atoms with van der Waals surface area (Å²) in [6.45, 7) is 2.41. The molecule has 38 heavy (non-hydrogen) atoms. The number of rotatable bonds is 2. The maximum atomic E-state index is 2.63. The largest absolute Gasteiger partial charge is 0.331 e. The molecule has 0 radical (unpaired) electrons. The van der Waals surface area contributed by atoms with E-state index >= 15 is 0 Å². The Kier molecular flexibility index (Phi) is 4.61. The minimum absolute atomic E-state index is 0.173. The number of benzene rings is 3. The molecule has 5 aliphatic rings. The molecule has 0 aromatic heterocycles. The molecule has 0 bridgehead atoms. The van der Waals surface area contributed by atoms with Gasteiger partial charge in [-0.1, -0.05) is 127 Å². The van der Waals surface area contributed by atoms with Gasteiger partial charge in [0.15, 0.2) is 0 Å². The van der Waals surface area contributed by atoms with Crippen LogP contribution in [-0.2, 0) is 0 Å². The molecular formula is C37H29N. The number of hydrogen-bond donors (Lipinski definition) is 0. The van der Waals surface area contributed by atoms with Crippen LogP contribution in [-0.4, -0.2) is 5.54 Å². The number of anilines is 1. The highest BCUT2D eigenvalue weighted by atomic mass is 15.2. The first-order valence-corrected chi connectivity index (χ1v) is 13.7. The summed E-state index contributed by atoms with van der Waals surface area (Å²) in [4.78, 5) is 2.63. The van der Waals surface area contributed by atoms with Crippen molar-refractivity contribution in [1.82, 2.24) is 0 Å². The van der Waals surface area contributed by atoms with E-state index in [1.807, 2.05) is 0 Å². The Balaban J connectivity index is 1.47. The Bertz CT molecular complexity index is 1670. The topological polar surface area (TPSA) is 3.24 Å². The lowest BCUT2D eigenvalue weighted by molar-refractivity contribution is 0.510. The lowest BCUT2D eigenvalue weighted by Crippen LogP contribution is -2.43. The molecule has 182 valence electrons. The first-order valence-electron chi connectivity index (χ1n) is 13.7. The maximum absolute atomic E-state index is 2.63. The third-order valence-electron chi connectivity index (χ3n) is 9.05. The average Bonchev–Trinajstić information content (AvgIpc) is 3.26. The van der Waals surface area contributed by atoms with Gasteiger partial charge in [-0.25, -0.2) is 0 Å². The zero-order valence-electron chi connectivity index (χ0n) is 21.5. The Hall–Kier alpha value is -4.36. The van der Waals surface area contributed by atoms with E-state index in [4.69, 9.17) is 0 Å². The first kappa shape index (κ1) is 21.7. The predicted molar refractivity (Wildman–Crippen MR) is 158 cm³/mol. The van der Waals surface area contributed by atoms with Gasteiger partial charge < -0.3 is 4.90 Å². The smallest absolute Gasteiger partial charge is 0.0712 e. The molecule has 3 aromatic carbocycles. The highest BCUT2D eigenvalue weighted by Gasteiger charge is 2.54. The fourth-order valence-electron chi connectivity index (χ4n) is 7.47. The third-order valence-corrected chi connectivity index (χ3v) is 9.05. The Morgan fingerprint density at radius 2 is 1.37 bits per heavy atom. The van der Waals surface area contributed by atoms with Crippen LogP contribution in [0.15, 0.2) is 156 Å². The number of hydrogen-bond acceptors (Lipinski definition) is 1. The SMILES string of the molecule is CC12C=CC=CC1C1=C3c4ccccc4C(c4ccccc4)=CC3C3C=CC=CC3=C1N2c1ccccc1. The summed E-state index contributed by atoms with van der Waals surface area (Å²) in [5.41, 5.74) is 12.3. The van der Waals surface area contributed by atoms with Gasteiger partial charge in [0.25, 0.3) is 0 Å². The molecule has 1 aliphatic heterocycles. The van der Waals surface area contributed by atoms with Crippen LogP contribution in [0.2, 0.25) is 0 Å². The Morgan fingerprint density at radius 3 is 2.18 bits per heavy atom. The number of nitrogens with zero attached hydrogens (tertiary/aromatic N) is 1. The van der Waals surface area contributed by atoms with Crippen molar-refractivity contribution in [3.05, 3.63) is 173 Å². The minimum Gasteiger partial charge on any atom is -0.331 e. The van der Waals surface area contributed by atoms with E-state index in [1.54, 1.807) is 0 Å². The molecule has 8 rings (SSSR count). The van der Waals surface area contributed by atoms with Crippen LogP contribution >= 0.6 is 0 Å². The summed E-state index contributed by atoms with van der Waals surface area (Å²) in [5.74, 6) is 0.853. The fourth-order valence-corrected chi connectivity index (χ4v) is 7.47. The summed E-state index contributed by atoms with van der Waals surface area (Å²) in [5, 5.41) is 0. The zero-order chi connectivity index (χ0) is 25.3. The van der Waals surface area contributed by atoms with E-state index < -0.39 is 0 Å². The fraction of sp³-hybridized carbons (Fsp3) is 0.135. The molecule has 0 spiro atoms. The van der Waals surface area contributed by atoms with Gasteiger partial charge in [-0.3, -0.25) is 0 Å². The van der Waals surface area contributed by atoms with Gasteiger partial charge in [0.2, 0.25) is 0 Å². The Morgan fingerprint density at radius 1 is 0.658 bits per heavy atom. The summed E-state index contributed by atoms with van der Waals surface area (Å²) < 4.78 is 0. The van der Waals surface area contributed by atoms with Crippen molar-refractivity contribution >= 4 is 16.8 Å². The van der Waals surface area contributed by atoms with E-state index in [1.165, 1.54) is 50.4 Å². The molecule has 1 fully saturated rings. The monoisotopic (exact) mass is 487 g/mol. The van der Waals surface area contributed by atoms with Gasteiger partial charge in [0.1, 0.15) is 0 Å². The molecule has 0 N–H and O–H groups in total. The summed E-state index contributed by atoms with van der Waals surface area (Å²) in [6.07, 6.45) is 21.1. The van der Waals surface area contributed by atoms with Crippen LogP contribution in [0.4, 0.5) is 5.69 Å². The van der Waals surface area contributed by atoms with E-state index in [9.17, 15) is 0 Å². The van der Waals surface area contributed by atoms with Gasteiger partial charge in [0.05, 0.1) is 11.2 Å². The van der Waals surface area contributed by atoms with Crippen molar-refractivity contribution in [1.29, 1.82) is 0 Å². The second-order valence-electron chi connectivity index (χ2n) is 11.0. The van der Waals surface area contributed by atoms with Crippen LogP contribution < -0.4 is 4.90 Å². The summed E-state index contributed by atoms with van der Waals surface area (Å²) in [7, 11) is 0. The molecule has 1 saturated heterocycles. The minimum atomic E-state index is -0.173. The van der Waals surface area contributed by atoms with Gasteiger partial charge in [0, 0.05) is 23.4 Å². The van der Waals surface area contributed by atoms with Crippen LogP contribution in [0.1, 0.15) is 23.6 Å². The molecule has 3 aromatic rings. The molecule has 1 heterocycles. The van der Waals surface area contributed by atoms with Crippen LogP contribution in [0.3, 0.4) is 0 Å². The molecule has 1 heteroatoms. The standard InChI is InChI=1S/C37H29N/c1-37-23-13-12-22-33(37)35-34-29-20-10-8-18-27(29)31(25-14-4-2-5-15-25)24-32(34)28-19-9-11-21-30(28)36(35)38(37)26-16-6-3-7-17-26/h2-24,28,32-33H,1H3. The van der Waals surface area contributed by atoms with Crippen LogP contribution in [0.25, 0.3) is 11.1 Å². The lowest BCUT2D eigenvalue weighted by atomic mass is 9.63. The lowest BCUT2D eigenvalue weighted by Gasteiger charge is -2.41. The molecule has 4 aliphatic carbocycles. The third kappa shape index (κ3) is 2.88. The van der Waals surface area contributed by atoms with Gasteiger partial charge >= 0.3 is 0 Å². The van der Waals surface area contributed by atoms with Crippen molar-refractivity contribution in [2.45, 2.75) is 12.5 Å². The zero-order valence-corrected chi connectivity index (χ0v) is 21.5. The first-order chi connectivity index (χ1) is 18.8. The van der Waals surface area contributed by atoms with Crippen molar-refractivity contribution < 1.29 is 0 Å². The quantitative estimate of drug-likeness (QED) is 0.350. The van der Waals surface area contributed by atoms with E-state index in [-0.39, 0.29) is 17.4 Å². The van der Waals surface area contributed by atoms with Gasteiger partial charge in [-0.2, -0.15) is 0 Å². The summed E-state index contributed by atoms with van der Waals surface area (Å²) in [6, 6.07) is 31.0. The predicted octanol–water partition coefficient (Wildman–Crippen LogP) is 8.53. The number of para-hydroxylation sites is 1. The summed E-state index contributed by atoms with van der Waals surface area (Å²) >= 11 is 0. The average molecular weight is 488 g/mol. The number of fused-ring (bicyclic) bond motifs is 8. The molecule has 1 nitrogen and oxygen atoms in total. The second kappa shape index (κ2) is 8.07. The highest BCUT2D eigenvalue weighted by Crippen LogP contribution is 2.61. The van der Waals surface area contributed by atoms with Gasteiger partial charge in [-0.05, 0) is 58.0 Å². The molecular weight excluding hydrogens is 458 g/mol. The number of allylic oxidation sites excluding steroid dienone is 10. The van der Waals surface area contributed by atoms with Crippen molar-refractivity contribution in [2.24, 2.45) is 17.8 Å². The highest BCUT2D eigenvalue weighted by molar-refractivity contribution is 5.97. The molecule has 0 saturated carbocycles. The normalized spacial score (nSPS) is 28.0. The molecule has 0 amide bonds. The van der Waals surface area contributed by atoms with Crippen LogP contribution in [0, 0.1) is 17.8 Å². The Labute approximate surface area is 224 Å². The van der Waals surface area contributed by atoms with Crippen molar-refractivity contribution in [3.8, 4) is 0 Å². The van der Waals surface area contributed by atoms with Crippen LogP contribution in [0.5, 0.6) is 0 Å². The van der Waals surface area contributed by atoms with E-state index in [0.717, 1.165) is 0 Å². The van der Waals surface area contributed by atoms with Gasteiger partial charge in [-0.15, -0.1) is 0 Å². The maximum Gasteiger partial charge on any atom is 0.0712 e. The second-order valence-corrected chi connectivity index (χ2v) is 11.0. The molecule has 4 atom stereocenters. The van der Waals surface area contributed by atoms with E-state index in [2.05, 4.69) is 151 Å². The van der Waals surface area contributed by atoms with E-state index in [0.29, 0.717) is 5.92 Å².